The van der Waals surface area contributed by atoms with E-state index in [1.54, 1.807) is 47.4 Å². The number of amidine groups is 1. The van der Waals surface area contributed by atoms with Crippen molar-refractivity contribution in [3.05, 3.63) is 105 Å². The number of amides is 1. The molecule has 2 aromatic carbocycles. The number of carbonyl (C=O) groups is 1. The maximum atomic E-state index is 13.1. The van der Waals surface area contributed by atoms with Crippen molar-refractivity contribution in [1.29, 1.82) is 0 Å². The van der Waals surface area contributed by atoms with E-state index in [-0.39, 0.29) is 28.9 Å². The highest BCUT2D eigenvalue weighted by Crippen LogP contribution is 2.30. The Morgan fingerprint density at radius 1 is 1.18 bits per heavy atom. The second-order valence-corrected chi connectivity index (χ2v) is 10.00. The van der Waals surface area contributed by atoms with Gasteiger partial charge in [0, 0.05) is 37.8 Å². The molecular weight excluding hydrogens is 548 g/mol. The minimum Gasteiger partial charge on any atom is -0.507 e. The molecule has 2 N–H and O–H groups in total. The molecule has 9 heteroatoms. The standard InChI is InChI=1S/C29H27BrN4O4/c1-3-21(30)28-32-22(19-8-4-6-10-23(19)35)16-27(33(28)2)31-18-12-14-34(15-13-18)29(37)26-17-24(36)20-9-5-7-11-25(20)38-26/h3-11,16-18,32,35H,1,12-15H2,2H3/b28-21+,31-27?. The number of likely N-dealkylation sites (N-methyl/N-ethyl adjacent to an activating group) is 1. The number of aliphatic imine (C=N–C) groups is 1. The molecule has 3 aromatic rings. The van der Waals surface area contributed by atoms with Crippen LogP contribution in [-0.2, 0) is 0 Å². The maximum absolute atomic E-state index is 13.1. The second kappa shape index (κ2) is 10.7. The van der Waals surface area contributed by atoms with Crippen LogP contribution in [0.25, 0.3) is 16.7 Å². The van der Waals surface area contributed by atoms with Gasteiger partial charge in [-0.3, -0.25) is 14.6 Å². The van der Waals surface area contributed by atoms with E-state index in [2.05, 4.69) is 27.8 Å². The van der Waals surface area contributed by atoms with E-state index in [0.717, 1.165) is 16.1 Å². The van der Waals surface area contributed by atoms with E-state index in [9.17, 15) is 14.7 Å². The number of phenolic OH excluding ortho intramolecular Hbond substituents is 1. The van der Waals surface area contributed by atoms with Crippen molar-refractivity contribution >= 4 is 44.3 Å². The van der Waals surface area contributed by atoms with E-state index in [1.165, 1.54) is 6.07 Å². The predicted molar refractivity (Wildman–Crippen MR) is 152 cm³/mol. The topological polar surface area (TPSA) is 98.4 Å². The Morgan fingerprint density at radius 2 is 1.89 bits per heavy atom. The number of hydrogen-bond donors (Lipinski definition) is 2. The number of likely N-dealkylation sites (tertiary alicyclic amines) is 1. The van der Waals surface area contributed by atoms with Crippen molar-refractivity contribution in [2.45, 2.75) is 18.9 Å². The zero-order valence-electron chi connectivity index (χ0n) is 20.9. The number of piperidine rings is 1. The molecule has 0 unspecified atom stereocenters. The Labute approximate surface area is 228 Å². The summed E-state index contributed by atoms with van der Waals surface area (Å²) in [5, 5.41) is 14.2. The highest BCUT2D eigenvalue weighted by Gasteiger charge is 2.28. The van der Waals surface area contributed by atoms with Crippen LogP contribution in [0.4, 0.5) is 0 Å². The SMILES string of the molecule is C=C/C(Br)=C1/NC(c2ccccc2O)=CC(=NC2CCN(C(=O)c3cc(=O)c4ccccc4o3)CC2)N1C. The van der Waals surface area contributed by atoms with Crippen LogP contribution in [0.2, 0.25) is 0 Å². The van der Waals surface area contributed by atoms with Crippen molar-refractivity contribution in [2.24, 2.45) is 4.99 Å². The van der Waals surface area contributed by atoms with Gasteiger partial charge in [-0.2, -0.15) is 0 Å². The molecule has 1 aromatic heterocycles. The van der Waals surface area contributed by atoms with Gasteiger partial charge < -0.3 is 24.6 Å². The molecule has 0 saturated carbocycles. The third kappa shape index (κ3) is 5.02. The van der Waals surface area contributed by atoms with Crippen molar-refractivity contribution < 1.29 is 14.3 Å². The third-order valence-corrected chi connectivity index (χ3v) is 7.42. The number of hydrogen-bond acceptors (Lipinski definition) is 6. The highest BCUT2D eigenvalue weighted by atomic mass is 79.9. The number of rotatable bonds is 4. The normalized spacial score (nSPS) is 18.8. The first-order valence-electron chi connectivity index (χ1n) is 12.3. The molecule has 0 spiro atoms. The molecule has 38 heavy (non-hydrogen) atoms. The first-order chi connectivity index (χ1) is 18.4. The lowest BCUT2D eigenvalue weighted by molar-refractivity contribution is 0.0683. The van der Waals surface area contributed by atoms with Gasteiger partial charge in [-0.25, -0.2) is 0 Å². The second-order valence-electron chi connectivity index (χ2n) is 9.14. The maximum Gasteiger partial charge on any atom is 0.289 e. The lowest BCUT2D eigenvalue weighted by Gasteiger charge is -2.34. The molecule has 2 aliphatic heterocycles. The van der Waals surface area contributed by atoms with Crippen LogP contribution >= 0.6 is 15.9 Å². The number of para-hydroxylation sites is 2. The Morgan fingerprint density at radius 3 is 2.63 bits per heavy atom. The van der Waals surface area contributed by atoms with E-state index in [0.29, 0.717) is 48.2 Å². The molecule has 0 atom stereocenters. The number of nitrogens with zero attached hydrogens (tertiary/aromatic N) is 3. The van der Waals surface area contributed by atoms with Gasteiger partial charge in [0.1, 0.15) is 23.0 Å². The van der Waals surface area contributed by atoms with Gasteiger partial charge in [0.15, 0.2) is 11.2 Å². The molecule has 3 heterocycles. The van der Waals surface area contributed by atoms with Gasteiger partial charge in [0.05, 0.1) is 21.6 Å². The Bertz CT molecular complexity index is 1560. The monoisotopic (exact) mass is 574 g/mol. The summed E-state index contributed by atoms with van der Waals surface area (Å²) in [5.41, 5.74) is 1.55. The zero-order valence-corrected chi connectivity index (χ0v) is 22.4. The fraction of sp³-hybridized carbons (Fsp3) is 0.207. The highest BCUT2D eigenvalue weighted by molar-refractivity contribution is 9.11. The van der Waals surface area contributed by atoms with Gasteiger partial charge in [0.25, 0.3) is 5.91 Å². The first-order valence-corrected chi connectivity index (χ1v) is 13.1. The van der Waals surface area contributed by atoms with Crippen molar-refractivity contribution in [3.8, 4) is 5.75 Å². The van der Waals surface area contributed by atoms with Crippen LogP contribution in [0.1, 0.15) is 29.0 Å². The smallest absolute Gasteiger partial charge is 0.289 e. The van der Waals surface area contributed by atoms with Crippen LogP contribution in [-0.4, -0.2) is 52.8 Å². The summed E-state index contributed by atoms with van der Waals surface area (Å²) in [6.07, 6.45) is 4.92. The molecule has 1 fully saturated rings. The van der Waals surface area contributed by atoms with Gasteiger partial charge in [-0.05, 0) is 53.0 Å². The third-order valence-electron chi connectivity index (χ3n) is 6.72. The van der Waals surface area contributed by atoms with E-state index in [4.69, 9.17) is 9.41 Å². The van der Waals surface area contributed by atoms with E-state index < -0.39 is 0 Å². The number of aromatic hydroxyl groups is 1. The molecular formula is C29H27BrN4O4. The van der Waals surface area contributed by atoms with Gasteiger partial charge in [-0.15, -0.1) is 0 Å². The molecule has 5 rings (SSSR count). The lowest BCUT2D eigenvalue weighted by Crippen LogP contribution is -2.42. The largest absolute Gasteiger partial charge is 0.507 e. The fourth-order valence-electron chi connectivity index (χ4n) is 4.63. The van der Waals surface area contributed by atoms with Crippen LogP contribution in [0.3, 0.4) is 0 Å². The van der Waals surface area contributed by atoms with Crippen LogP contribution in [0.15, 0.2) is 97.8 Å². The summed E-state index contributed by atoms with van der Waals surface area (Å²) in [4.78, 5) is 34.2. The molecule has 194 valence electrons. The fourth-order valence-corrected chi connectivity index (χ4v) is 4.99. The quantitative estimate of drug-likeness (QED) is 0.463. The summed E-state index contributed by atoms with van der Waals surface area (Å²) < 4.78 is 6.51. The average Bonchev–Trinajstić information content (AvgIpc) is 2.94. The number of phenols is 1. The van der Waals surface area contributed by atoms with Gasteiger partial charge in [-0.1, -0.05) is 36.9 Å². The van der Waals surface area contributed by atoms with Crippen molar-refractivity contribution in [3.63, 3.8) is 0 Å². The van der Waals surface area contributed by atoms with E-state index in [1.807, 2.05) is 30.2 Å². The first kappa shape index (κ1) is 25.5. The van der Waals surface area contributed by atoms with Gasteiger partial charge in [0.2, 0.25) is 0 Å². The van der Waals surface area contributed by atoms with Crippen molar-refractivity contribution in [2.75, 3.05) is 20.1 Å². The number of carbonyl (C=O) groups excluding carboxylic acids is 1. The Balaban J connectivity index is 1.36. The average molecular weight is 575 g/mol. The number of fused-ring (bicyclic) bond motifs is 1. The number of allylic oxidation sites excluding steroid dienone is 2. The molecule has 0 bridgehead atoms. The Kier molecular flexibility index (Phi) is 7.20. The summed E-state index contributed by atoms with van der Waals surface area (Å²) in [6.45, 7) is 4.84. The molecule has 1 amide bonds. The predicted octanol–water partition coefficient (Wildman–Crippen LogP) is 4.83. The Hall–Kier alpha value is -4.11. The van der Waals surface area contributed by atoms with Crippen molar-refractivity contribution in [1.82, 2.24) is 15.1 Å². The molecule has 0 radical (unpaired) electrons. The van der Waals surface area contributed by atoms with Crippen LogP contribution in [0.5, 0.6) is 5.75 Å². The number of nitrogens with one attached hydrogen (secondary N) is 1. The summed E-state index contributed by atoms with van der Waals surface area (Å²) in [7, 11) is 1.91. The number of halogens is 1. The summed E-state index contributed by atoms with van der Waals surface area (Å²) >= 11 is 3.55. The molecule has 0 aliphatic carbocycles. The summed E-state index contributed by atoms with van der Waals surface area (Å²) in [6, 6.07) is 15.3. The summed E-state index contributed by atoms with van der Waals surface area (Å²) in [5.74, 6) is 1.40. The van der Waals surface area contributed by atoms with E-state index >= 15 is 0 Å². The van der Waals surface area contributed by atoms with Gasteiger partial charge >= 0.3 is 0 Å². The zero-order chi connectivity index (χ0) is 26.8. The van der Waals surface area contributed by atoms with Crippen LogP contribution in [0, 0.1) is 0 Å². The molecule has 2 aliphatic rings. The lowest BCUT2D eigenvalue weighted by atomic mass is 10.0. The minimum atomic E-state index is -0.292. The number of benzene rings is 2. The minimum absolute atomic E-state index is 0.0103. The molecule has 1 saturated heterocycles. The van der Waals surface area contributed by atoms with Crippen LogP contribution < -0.4 is 10.7 Å². The molecule has 8 nitrogen and oxygen atoms in total.